The molecule has 1 aliphatic heterocycles. The fourth-order valence-electron chi connectivity index (χ4n) is 2.01. The maximum atomic E-state index is 13.1. The van der Waals surface area contributed by atoms with Crippen LogP contribution in [0.5, 0.6) is 0 Å². The van der Waals surface area contributed by atoms with Crippen molar-refractivity contribution in [3.8, 4) is 0 Å². The molecule has 1 unspecified atom stereocenters. The maximum absolute atomic E-state index is 13.1. The monoisotopic (exact) mass is 241 g/mol. The molecule has 0 radical (unpaired) electrons. The first-order valence-electron chi connectivity index (χ1n) is 5.23. The first-order chi connectivity index (χ1) is 7.53. The highest BCUT2D eigenvalue weighted by atomic mass is 35.5. The summed E-state index contributed by atoms with van der Waals surface area (Å²) in [4.78, 5) is 12.3. The van der Waals surface area contributed by atoms with Crippen LogP contribution in [0.3, 0.4) is 0 Å². The fraction of sp³-hybridized carbons (Fsp3) is 0.417. The summed E-state index contributed by atoms with van der Waals surface area (Å²) >= 11 is 5.92. The minimum Gasteiger partial charge on any atom is -0.316 e. The molecule has 2 nitrogen and oxygen atoms in total. The van der Waals surface area contributed by atoms with E-state index < -0.39 is 11.2 Å². The lowest BCUT2D eigenvalue weighted by atomic mass is 9.81. The summed E-state index contributed by atoms with van der Waals surface area (Å²) in [6, 6.07) is 3.90. The molecule has 2 rings (SSSR count). The van der Waals surface area contributed by atoms with E-state index in [4.69, 9.17) is 11.6 Å². The summed E-state index contributed by atoms with van der Waals surface area (Å²) in [6.07, 6.45) is 0.763. The van der Waals surface area contributed by atoms with E-state index in [-0.39, 0.29) is 11.3 Å². The van der Waals surface area contributed by atoms with Gasteiger partial charge in [0, 0.05) is 17.5 Å². The number of halogens is 2. The molecule has 4 heteroatoms. The van der Waals surface area contributed by atoms with E-state index in [0.29, 0.717) is 11.6 Å². The number of nitrogens with one attached hydrogen (secondary N) is 1. The topological polar surface area (TPSA) is 29.1 Å². The second-order valence-electron chi connectivity index (χ2n) is 4.44. The zero-order chi connectivity index (χ0) is 11.8. The molecule has 1 heterocycles. The SMILES string of the molecule is CC1(C(=O)c2cc(F)ccc2Cl)CCNC1. The molecular formula is C12H13ClFNO. The minimum absolute atomic E-state index is 0.0815. The molecule has 0 spiro atoms. The van der Waals surface area contributed by atoms with E-state index in [1.165, 1.54) is 18.2 Å². The van der Waals surface area contributed by atoms with Gasteiger partial charge in [0.05, 0.1) is 5.02 Å². The smallest absolute Gasteiger partial charge is 0.171 e. The van der Waals surface area contributed by atoms with Crippen LogP contribution >= 0.6 is 11.6 Å². The molecule has 1 aromatic rings. The van der Waals surface area contributed by atoms with Gasteiger partial charge >= 0.3 is 0 Å². The van der Waals surface area contributed by atoms with E-state index in [0.717, 1.165) is 13.0 Å². The van der Waals surface area contributed by atoms with E-state index in [2.05, 4.69) is 5.32 Å². The third kappa shape index (κ3) is 1.97. The van der Waals surface area contributed by atoms with Crippen LogP contribution in [0.2, 0.25) is 5.02 Å². The van der Waals surface area contributed by atoms with Crippen molar-refractivity contribution in [2.45, 2.75) is 13.3 Å². The van der Waals surface area contributed by atoms with Gasteiger partial charge in [0.2, 0.25) is 0 Å². The molecule has 1 fully saturated rings. The van der Waals surface area contributed by atoms with Crippen molar-refractivity contribution in [3.63, 3.8) is 0 Å². The van der Waals surface area contributed by atoms with Gasteiger partial charge in [-0.05, 0) is 31.2 Å². The van der Waals surface area contributed by atoms with Gasteiger partial charge in [0.25, 0.3) is 0 Å². The van der Waals surface area contributed by atoms with Crippen LogP contribution in [-0.2, 0) is 0 Å². The first kappa shape index (κ1) is 11.6. The van der Waals surface area contributed by atoms with Gasteiger partial charge < -0.3 is 5.32 Å². The number of carbonyl (C=O) groups is 1. The summed E-state index contributed by atoms with van der Waals surface area (Å²) in [7, 11) is 0. The highest BCUT2D eigenvalue weighted by molar-refractivity contribution is 6.34. The van der Waals surface area contributed by atoms with Crippen molar-refractivity contribution in [1.29, 1.82) is 0 Å². The van der Waals surface area contributed by atoms with E-state index in [1.54, 1.807) is 0 Å². The predicted molar refractivity (Wildman–Crippen MR) is 61.3 cm³/mol. The average Bonchev–Trinajstić information content (AvgIpc) is 2.69. The highest BCUT2D eigenvalue weighted by Gasteiger charge is 2.37. The summed E-state index contributed by atoms with van der Waals surface area (Å²) in [5.74, 6) is -0.510. The second-order valence-corrected chi connectivity index (χ2v) is 4.85. The zero-order valence-corrected chi connectivity index (χ0v) is 9.77. The lowest BCUT2D eigenvalue weighted by molar-refractivity contribution is 0.0839. The molecule has 16 heavy (non-hydrogen) atoms. The Balaban J connectivity index is 2.36. The molecule has 0 aromatic heterocycles. The number of hydrogen-bond donors (Lipinski definition) is 1. The van der Waals surface area contributed by atoms with Crippen LogP contribution in [0.25, 0.3) is 0 Å². The molecule has 86 valence electrons. The molecular weight excluding hydrogens is 229 g/mol. The lowest BCUT2D eigenvalue weighted by Crippen LogP contribution is -2.30. The molecule has 1 aromatic carbocycles. The number of carbonyl (C=O) groups excluding carboxylic acids is 1. The van der Waals surface area contributed by atoms with Crippen LogP contribution < -0.4 is 5.32 Å². The summed E-state index contributed by atoms with van der Waals surface area (Å²) in [6.45, 7) is 3.32. The second kappa shape index (κ2) is 4.15. The number of rotatable bonds is 2. The molecule has 1 N–H and O–H groups in total. The van der Waals surface area contributed by atoms with Crippen molar-refractivity contribution in [2.75, 3.05) is 13.1 Å². The van der Waals surface area contributed by atoms with E-state index in [1.807, 2.05) is 6.92 Å². The first-order valence-corrected chi connectivity index (χ1v) is 5.61. The number of Topliss-reactive ketones (excluding diaryl/α,β-unsaturated/α-hetero) is 1. The summed E-state index contributed by atoms with van der Waals surface area (Å²) in [5, 5.41) is 3.46. The van der Waals surface area contributed by atoms with Gasteiger partial charge in [-0.15, -0.1) is 0 Å². The Morgan fingerprint density at radius 3 is 2.94 bits per heavy atom. The van der Waals surface area contributed by atoms with Gasteiger partial charge in [-0.3, -0.25) is 4.79 Å². The summed E-state index contributed by atoms with van der Waals surface area (Å²) in [5.41, 5.74) is -0.176. The highest BCUT2D eigenvalue weighted by Crippen LogP contribution is 2.32. The van der Waals surface area contributed by atoms with Crippen molar-refractivity contribution in [1.82, 2.24) is 5.32 Å². The van der Waals surface area contributed by atoms with Gasteiger partial charge in [-0.2, -0.15) is 0 Å². The van der Waals surface area contributed by atoms with Gasteiger partial charge in [0.1, 0.15) is 5.82 Å². The Kier molecular flexibility index (Phi) is 3.00. The fourth-order valence-corrected chi connectivity index (χ4v) is 2.21. The Bertz CT molecular complexity index is 427. The van der Waals surface area contributed by atoms with Crippen LogP contribution in [0, 0.1) is 11.2 Å². The molecule has 0 aliphatic carbocycles. The molecule has 1 atom stereocenters. The van der Waals surface area contributed by atoms with Crippen LogP contribution in [0.15, 0.2) is 18.2 Å². The molecule has 0 amide bonds. The van der Waals surface area contributed by atoms with E-state index >= 15 is 0 Å². The third-order valence-electron chi connectivity index (χ3n) is 3.09. The number of hydrogen-bond acceptors (Lipinski definition) is 2. The van der Waals surface area contributed by atoms with Crippen LogP contribution in [0.4, 0.5) is 4.39 Å². The van der Waals surface area contributed by atoms with Crippen molar-refractivity contribution >= 4 is 17.4 Å². The van der Waals surface area contributed by atoms with Gasteiger partial charge in [0.15, 0.2) is 5.78 Å². The van der Waals surface area contributed by atoms with Crippen LogP contribution in [-0.4, -0.2) is 18.9 Å². The number of benzene rings is 1. The molecule has 1 aliphatic rings. The molecule has 0 saturated carbocycles. The normalized spacial score (nSPS) is 24.7. The van der Waals surface area contributed by atoms with Gasteiger partial charge in [-0.1, -0.05) is 18.5 Å². The third-order valence-corrected chi connectivity index (χ3v) is 3.42. The average molecular weight is 242 g/mol. The van der Waals surface area contributed by atoms with Crippen LogP contribution in [0.1, 0.15) is 23.7 Å². The van der Waals surface area contributed by atoms with E-state index in [9.17, 15) is 9.18 Å². The Hall–Kier alpha value is -0.930. The zero-order valence-electron chi connectivity index (χ0n) is 9.02. The molecule has 1 saturated heterocycles. The van der Waals surface area contributed by atoms with Gasteiger partial charge in [-0.25, -0.2) is 4.39 Å². The molecule has 0 bridgehead atoms. The lowest BCUT2D eigenvalue weighted by Gasteiger charge is -2.21. The van der Waals surface area contributed by atoms with Crippen molar-refractivity contribution in [2.24, 2.45) is 5.41 Å². The van der Waals surface area contributed by atoms with Crippen molar-refractivity contribution in [3.05, 3.63) is 34.6 Å². The summed E-state index contributed by atoms with van der Waals surface area (Å²) < 4.78 is 13.1. The minimum atomic E-state index is -0.461. The Morgan fingerprint density at radius 2 is 2.31 bits per heavy atom. The van der Waals surface area contributed by atoms with Crippen molar-refractivity contribution < 1.29 is 9.18 Å². The number of ketones is 1. The maximum Gasteiger partial charge on any atom is 0.171 e. The largest absolute Gasteiger partial charge is 0.316 e. The Morgan fingerprint density at radius 1 is 1.56 bits per heavy atom. The predicted octanol–water partition coefficient (Wildman–Crippen LogP) is 2.66. The Labute approximate surface area is 98.8 Å². The standard InChI is InChI=1S/C12H13ClFNO/c1-12(4-5-15-7-12)11(16)9-6-8(14)2-3-10(9)13/h2-3,6,15H,4-5,7H2,1H3. The quantitative estimate of drug-likeness (QED) is 0.807.